The molecule has 1 aromatic heterocycles. The van der Waals surface area contributed by atoms with Crippen LogP contribution in [0.1, 0.15) is 35.6 Å². The van der Waals surface area contributed by atoms with E-state index < -0.39 is 0 Å². The first-order valence-electron chi connectivity index (χ1n) is 6.13. The molecular weight excluding hydrogens is 312 g/mol. The second kappa shape index (κ2) is 5.06. The van der Waals surface area contributed by atoms with Crippen LogP contribution < -0.4 is 0 Å². The maximum absolute atomic E-state index is 5.98. The number of halogens is 2. The Kier molecular flexibility index (Phi) is 3.44. The Labute approximate surface area is 120 Å². The fourth-order valence-corrected chi connectivity index (χ4v) is 2.73. The number of benzene rings is 1. The van der Waals surface area contributed by atoms with E-state index in [-0.39, 0.29) is 0 Å². The van der Waals surface area contributed by atoms with Gasteiger partial charge in [0.05, 0.1) is 18.6 Å². The van der Waals surface area contributed by atoms with Gasteiger partial charge in [-0.3, -0.25) is 4.68 Å². The zero-order chi connectivity index (χ0) is 12.5. The third-order valence-electron chi connectivity index (χ3n) is 3.31. The van der Waals surface area contributed by atoms with Crippen LogP contribution in [0, 0.1) is 0 Å². The van der Waals surface area contributed by atoms with Gasteiger partial charge >= 0.3 is 0 Å². The SMILES string of the molecule is ClCc1cnn(Cc2ccc(Br)cc2)c1C1CC1. The van der Waals surface area contributed by atoms with E-state index in [0.717, 1.165) is 11.0 Å². The number of aromatic nitrogens is 2. The molecule has 1 aromatic carbocycles. The van der Waals surface area contributed by atoms with E-state index in [1.807, 2.05) is 6.20 Å². The van der Waals surface area contributed by atoms with Gasteiger partial charge in [0, 0.05) is 21.6 Å². The van der Waals surface area contributed by atoms with Crippen LogP contribution in [0.25, 0.3) is 0 Å². The molecule has 1 aliphatic carbocycles. The zero-order valence-corrected chi connectivity index (χ0v) is 12.3. The highest BCUT2D eigenvalue weighted by Crippen LogP contribution is 2.42. The molecule has 0 radical (unpaired) electrons. The summed E-state index contributed by atoms with van der Waals surface area (Å²) in [6, 6.07) is 8.39. The average molecular weight is 326 g/mol. The summed E-state index contributed by atoms with van der Waals surface area (Å²) in [7, 11) is 0. The standard InChI is InChI=1S/C14H14BrClN2/c15-13-5-1-10(2-6-13)9-18-14(11-3-4-11)12(7-16)8-17-18/h1-2,5-6,8,11H,3-4,7,9H2. The molecule has 1 aliphatic rings. The highest BCUT2D eigenvalue weighted by atomic mass is 79.9. The topological polar surface area (TPSA) is 17.8 Å². The molecule has 1 saturated carbocycles. The Morgan fingerprint density at radius 3 is 2.61 bits per heavy atom. The monoisotopic (exact) mass is 324 g/mol. The fourth-order valence-electron chi connectivity index (χ4n) is 2.25. The van der Waals surface area contributed by atoms with Gasteiger partial charge in [-0.1, -0.05) is 28.1 Å². The average Bonchev–Trinajstić information content (AvgIpc) is 3.14. The number of alkyl halides is 1. The van der Waals surface area contributed by atoms with Crippen molar-refractivity contribution in [2.75, 3.05) is 0 Å². The van der Waals surface area contributed by atoms with Crippen molar-refractivity contribution in [3.05, 3.63) is 51.8 Å². The molecule has 2 nitrogen and oxygen atoms in total. The van der Waals surface area contributed by atoms with Crippen LogP contribution in [-0.2, 0) is 12.4 Å². The molecule has 0 atom stereocenters. The maximum atomic E-state index is 5.98. The van der Waals surface area contributed by atoms with Gasteiger partial charge in [0.15, 0.2) is 0 Å². The zero-order valence-electron chi connectivity index (χ0n) is 9.94. The molecule has 0 aliphatic heterocycles. The highest BCUT2D eigenvalue weighted by molar-refractivity contribution is 9.10. The lowest BCUT2D eigenvalue weighted by atomic mass is 10.2. The van der Waals surface area contributed by atoms with Crippen LogP contribution in [0.2, 0.25) is 0 Å². The van der Waals surface area contributed by atoms with Gasteiger partial charge < -0.3 is 0 Å². The minimum atomic E-state index is 0.562. The van der Waals surface area contributed by atoms with E-state index in [4.69, 9.17) is 11.6 Å². The number of rotatable bonds is 4. The minimum Gasteiger partial charge on any atom is -0.265 e. The number of nitrogens with zero attached hydrogens (tertiary/aromatic N) is 2. The number of hydrogen-bond acceptors (Lipinski definition) is 1. The molecule has 2 aromatic rings. The molecule has 3 rings (SSSR count). The van der Waals surface area contributed by atoms with Crippen molar-refractivity contribution in [3.63, 3.8) is 0 Å². The lowest BCUT2D eigenvalue weighted by molar-refractivity contribution is 0.645. The first kappa shape index (κ1) is 12.2. The molecule has 0 unspecified atom stereocenters. The summed E-state index contributed by atoms with van der Waals surface area (Å²) in [6.45, 7) is 0.829. The molecular formula is C14H14BrClN2. The summed E-state index contributed by atoms with van der Waals surface area (Å²) in [5, 5.41) is 4.49. The molecule has 4 heteroatoms. The van der Waals surface area contributed by atoms with Crippen molar-refractivity contribution in [1.29, 1.82) is 0 Å². The summed E-state index contributed by atoms with van der Waals surface area (Å²) in [6.07, 6.45) is 4.46. The Morgan fingerprint density at radius 1 is 1.28 bits per heavy atom. The third-order valence-corrected chi connectivity index (χ3v) is 4.13. The van der Waals surface area contributed by atoms with Crippen molar-refractivity contribution in [2.45, 2.75) is 31.2 Å². The quantitative estimate of drug-likeness (QED) is 0.766. The second-order valence-corrected chi connectivity index (χ2v) is 5.93. The minimum absolute atomic E-state index is 0.562. The molecule has 0 N–H and O–H groups in total. The van der Waals surface area contributed by atoms with Gasteiger partial charge in [0.1, 0.15) is 0 Å². The Bertz CT molecular complexity index is 543. The normalized spacial score (nSPS) is 15.0. The summed E-state index contributed by atoms with van der Waals surface area (Å²) in [5.74, 6) is 1.24. The number of hydrogen-bond donors (Lipinski definition) is 0. The van der Waals surface area contributed by atoms with Gasteiger partial charge in [-0.25, -0.2) is 0 Å². The first-order valence-corrected chi connectivity index (χ1v) is 7.45. The lowest BCUT2D eigenvalue weighted by Gasteiger charge is -2.08. The largest absolute Gasteiger partial charge is 0.265 e. The summed E-state index contributed by atoms with van der Waals surface area (Å²) in [5.41, 5.74) is 3.80. The summed E-state index contributed by atoms with van der Waals surface area (Å²) < 4.78 is 3.22. The van der Waals surface area contributed by atoms with Gasteiger partial charge in [-0.05, 0) is 30.5 Å². The molecule has 0 saturated heterocycles. The molecule has 1 heterocycles. The predicted molar refractivity (Wildman–Crippen MR) is 77.0 cm³/mol. The molecule has 0 bridgehead atoms. The molecule has 94 valence electrons. The van der Waals surface area contributed by atoms with Crippen molar-refractivity contribution in [2.24, 2.45) is 0 Å². The summed E-state index contributed by atoms with van der Waals surface area (Å²) >= 11 is 9.44. The van der Waals surface area contributed by atoms with E-state index >= 15 is 0 Å². The van der Waals surface area contributed by atoms with Crippen molar-refractivity contribution < 1.29 is 0 Å². The smallest absolute Gasteiger partial charge is 0.0662 e. The molecule has 1 fully saturated rings. The van der Waals surface area contributed by atoms with Gasteiger partial charge in [0.25, 0.3) is 0 Å². The van der Waals surface area contributed by atoms with E-state index in [1.54, 1.807) is 0 Å². The Morgan fingerprint density at radius 2 is 2.00 bits per heavy atom. The highest BCUT2D eigenvalue weighted by Gasteiger charge is 2.29. The second-order valence-electron chi connectivity index (χ2n) is 4.75. The van der Waals surface area contributed by atoms with E-state index in [2.05, 4.69) is 50.0 Å². The van der Waals surface area contributed by atoms with Gasteiger partial charge in [0.2, 0.25) is 0 Å². The van der Waals surface area contributed by atoms with Crippen LogP contribution in [0.4, 0.5) is 0 Å². The third kappa shape index (κ3) is 2.47. The summed E-state index contributed by atoms with van der Waals surface area (Å²) in [4.78, 5) is 0. The fraction of sp³-hybridized carbons (Fsp3) is 0.357. The van der Waals surface area contributed by atoms with Crippen molar-refractivity contribution >= 4 is 27.5 Å². The van der Waals surface area contributed by atoms with E-state index in [0.29, 0.717) is 11.8 Å². The Balaban J connectivity index is 1.88. The lowest BCUT2D eigenvalue weighted by Crippen LogP contribution is -2.06. The van der Waals surface area contributed by atoms with Crippen molar-refractivity contribution in [3.8, 4) is 0 Å². The first-order chi connectivity index (χ1) is 8.78. The Hall–Kier alpha value is -0.800. The molecule has 18 heavy (non-hydrogen) atoms. The van der Waals surface area contributed by atoms with E-state index in [9.17, 15) is 0 Å². The van der Waals surface area contributed by atoms with Crippen LogP contribution in [0.3, 0.4) is 0 Å². The predicted octanol–water partition coefficient (Wildman–Crippen LogP) is 4.31. The molecule has 0 amide bonds. The van der Waals surface area contributed by atoms with Crippen molar-refractivity contribution in [1.82, 2.24) is 9.78 Å². The van der Waals surface area contributed by atoms with Gasteiger partial charge in [-0.2, -0.15) is 5.10 Å². The van der Waals surface area contributed by atoms with Gasteiger partial charge in [-0.15, -0.1) is 11.6 Å². The van der Waals surface area contributed by atoms with Crippen LogP contribution in [0.15, 0.2) is 34.9 Å². The van der Waals surface area contributed by atoms with Crippen LogP contribution in [-0.4, -0.2) is 9.78 Å². The van der Waals surface area contributed by atoms with Crippen LogP contribution >= 0.6 is 27.5 Å². The maximum Gasteiger partial charge on any atom is 0.0662 e. The van der Waals surface area contributed by atoms with E-state index in [1.165, 1.54) is 29.7 Å². The van der Waals surface area contributed by atoms with Crippen LogP contribution in [0.5, 0.6) is 0 Å². The molecule has 0 spiro atoms.